The molecule has 6 nitrogen and oxygen atoms in total. The number of hydrogen-bond donors (Lipinski definition) is 1. The summed E-state index contributed by atoms with van der Waals surface area (Å²) in [6.07, 6.45) is 8.41. The molecule has 0 saturated heterocycles. The zero-order chi connectivity index (χ0) is 23.5. The molecule has 2 aromatic carbocycles. The molecule has 1 N–H and O–H groups in total. The highest BCUT2D eigenvalue weighted by Gasteiger charge is 2.40. The number of hydrogen-bond acceptors (Lipinski definition) is 3. The first-order valence-corrected chi connectivity index (χ1v) is 12.3. The lowest BCUT2D eigenvalue weighted by Crippen LogP contribution is -2.50. The van der Waals surface area contributed by atoms with Crippen molar-refractivity contribution in [2.24, 2.45) is 5.92 Å². The highest BCUT2D eigenvalue weighted by Crippen LogP contribution is 2.32. The number of carboxylic acids is 1. The van der Waals surface area contributed by atoms with Gasteiger partial charge in [-0.05, 0) is 29.9 Å². The number of imidazole rings is 1. The molecule has 5 rings (SSSR count). The Labute approximate surface area is 200 Å². The van der Waals surface area contributed by atoms with Gasteiger partial charge in [0.25, 0.3) is 0 Å². The van der Waals surface area contributed by atoms with Crippen LogP contribution in [0, 0.1) is 5.92 Å². The Balaban J connectivity index is 1.46. The minimum absolute atomic E-state index is 0.197. The van der Waals surface area contributed by atoms with E-state index in [9.17, 15) is 14.7 Å². The Bertz CT molecular complexity index is 1100. The van der Waals surface area contributed by atoms with Crippen molar-refractivity contribution in [1.82, 2.24) is 14.5 Å². The van der Waals surface area contributed by atoms with E-state index in [4.69, 9.17) is 0 Å². The Hall–Kier alpha value is -3.41. The van der Waals surface area contributed by atoms with E-state index in [2.05, 4.69) is 9.55 Å². The number of aromatic nitrogens is 2. The molecule has 0 radical (unpaired) electrons. The third-order valence-electron chi connectivity index (χ3n) is 7.38. The van der Waals surface area contributed by atoms with E-state index in [1.54, 1.807) is 0 Å². The SMILES string of the molecule is O=C(O)[C@@H]1Cc2c(ncn2CC2CCCCC2)CN1C(=O)C(c1ccccc1)c1ccccc1. The first-order chi connectivity index (χ1) is 16.6. The van der Waals surface area contributed by atoms with Gasteiger partial charge in [0.1, 0.15) is 6.04 Å². The second-order valence-electron chi connectivity index (χ2n) is 9.57. The zero-order valence-electron chi connectivity index (χ0n) is 19.3. The Morgan fingerprint density at radius 1 is 0.941 bits per heavy atom. The molecule has 1 amide bonds. The summed E-state index contributed by atoms with van der Waals surface area (Å²) in [6, 6.07) is 18.3. The lowest BCUT2D eigenvalue weighted by Gasteiger charge is -2.36. The van der Waals surface area contributed by atoms with Crippen LogP contribution in [0.2, 0.25) is 0 Å². The van der Waals surface area contributed by atoms with Crippen LogP contribution in [0.15, 0.2) is 67.0 Å². The molecule has 1 aliphatic heterocycles. The molecule has 1 aromatic heterocycles. The quantitative estimate of drug-likeness (QED) is 0.585. The number of carboxylic acid groups (broad SMARTS) is 1. The Morgan fingerprint density at radius 3 is 2.15 bits per heavy atom. The Morgan fingerprint density at radius 2 is 1.56 bits per heavy atom. The van der Waals surface area contributed by atoms with Gasteiger partial charge in [0.2, 0.25) is 5.91 Å². The fraction of sp³-hybridized carbons (Fsp3) is 0.393. The lowest BCUT2D eigenvalue weighted by molar-refractivity contribution is -0.151. The number of carbonyl (C=O) groups is 2. The summed E-state index contributed by atoms with van der Waals surface area (Å²) >= 11 is 0. The summed E-state index contributed by atoms with van der Waals surface area (Å²) in [5, 5.41) is 10.1. The molecular formula is C28H31N3O3. The molecule has 1 aliphatic carbocycles. The topological polar surface area (TPSA) is 75.4 Å². The van der Waals surface area contributed by atoms with Gasteiger partial charge in [0.05, 0.1) is 24.5 Å². The molecule has 0 bridgehead atoms. The van der Waals surface area contributed by atoms with Crippen molar-refractivity contribution in [3.8, 4) is 0 Å². The third-order valence-corrected chi connectivity index (χ3v) is 7.38. The number of amides is 1. The zero-order valence-corrected chi connectivity index (χ0v) is 19.3. The van der Waals surface area contributed by atoms with Crippen molar-refractivity contribution in [1.29, 1.82) is 0 Å². The van der Waals surface area contributed by atoms with Crippen molar-refractivity contribution < 1.29 is 14.7 Å². The van der Waals surface area contributed by atoms with Gasteiger partial charge in [-0.3, -0.25) is 4.79 Å². The Kier molecular flexibility index (Phi) is 6.48. The van der Waals surface area contributed by atoms with E-state index >= 15 is 0 Å². The van der Waals surface area contributed by atoms with Gasteiger partial charge in [-0.15, -0.1) is 0 Å². The van der Waals surface area contributed by atoms with Crippen molar-refractivity contribution in [2.45, 2.75) is 63.6 Å². The highest BCUT2D eigenvalue weighted by molar-refractivity contribution is 5.91. The second kappa shape index (κ2) is 9.84. The predicted molar refractivity (Wildman–Crippen MR) is 129 cm³/mol. The number of rotatable bonds is 6. The van der Waals surface area contributed by atoms with Crippen LogP contribution in [0.1, 0.15) is 60.5 Å². The minimum atomic E-state index is -0.968. The largest absolute Gasteiger partial charge is 0.480 e. The van der Waals surface area contributed by atoms with Gasteiger partial charge in [-0.2, -0.15) is 0 Å². The number of carbonyl (C=O) groups excluding carboxylic acids is 1. The number of benzene rings is 2. The summed E-state index contributed by atoms with van der Waals surface area (Å²) in [6.45, 7) is 1.11. The molecule has 2 aliphatic rings. The number of nitrogens with zero attached hydrogens (tertiary/aromatic N) is 3. The van der Waals surface area contributed by atoms with Crippen LogP contribution in [0.4, 0.5) is 0 Å². The molecule has 2 heterocycles. The second-order valence-corrected chi connectivity index (χ2v) is 9.57. The average molecular weight is 458 g/mol. The third kappa shape index (κ3) is 4.49. The molecule has 0 spiro atoms. The average Bonchev–Trinajstić information content (AvgIpc) is 3.27. The molecule has 1 saturated carbocycles. The molecule has 3 aromatic rings. The number of fused-ring (bicyclic) bond motifs is 1. The standard InChI is InChI=1S/C28H31N3O3/c32-27(26(21-12-6-2-7-13-21)22-14-8-3-9-15-22)31-18-23-24(16-25(31)28(33)34)30(19-29-23)17-20-10-4-1-5-11-20/h2-3,6-9,12-15,19-20,25-26H,1,4-5,10-11,16-18H2,(H,33,34)/t25-/m0/s1. The van der Waals surface area contributed by atoms with Crippen molar-refractivity contribution in [3.05, 3.63) is 89.5 Å². The smallest absolute Gasteiger partial charge is 0.326 e. The van der Waals surface area contributed by atoms with Crippen molar-refractivity contribution in [2.75, 3.05) is 0 Å². The van der Waals surface area contributed by atoms with Gasteiger partial charge in [0.15, 0.2) is 0 Å². The monoisotopic (exact) mass is 457 g/mol. The number of aliphatic carboxylic acids is 1. The molecular weight excluding hydrogens is 426 g/mol. The molecule has 1 fully saturated rings. The van der Waals surface area contributed by atoms with Crippen LogP contribution in [-0.2, 0) is 29.1 Å². The summed E-state index contributed by atoms with van der Waals surface area (Å²) in [4.78, 5) is 32.5. The van der Waals surface area contributed by atoms with E-state index < -0.39 is 17.9 Å². The van der Waals surface area contributed by atoms with E-state index in [0.29, 0.717) is 12.3 Å². The minimum Gasteiger partial charge on any atom is -0.480 e. The maximum atomic E-state index is 14.0. The molecule has 1 atom stereocenters. The van der Waals surface area contributed by atoms with E-state index in [1.165, 1.54) is 37.0 Å². The molecule has 0 unspecified atom stereocenters. The van der Waals surface area contributed by atoms with Crippen LogP contribution in [0.3, 0.4) is 0 Å². The van der Waals surface area contributed by atoms with Gasteiger partial charge in [-0.25, -0.2) is 9.78 Å². The molecule has 34 heavy (non-hydrogen) atoms. The van der Waals surface area contributed by atoms with Crippen molar-refractivity contribution in [3.63, 3.8) is 0 Å². The van der Waals surface area contributed by atoms with E-state index in [-0.39, 0.29) is 12.5 Å². The maximum absolute atomic E-state index is 14.0. The first-order valence-electron chi connectivity index (χ1n) is 12.3. The van der Waals surface area contributed by atoms with Crippen LogP contribution >= 0.6 is 0 Å². The summed E-state index contributed by atoms with van der Waals surface area (Å²) in [5.74, 6) is -1.10. The highest BCUT2D eigenvalue weighted by atomic mass is 16.4. The maximum Gasteiger partial charge on any atom is 0.326 e. The fourth-order valence-corrected chi connectivity index (χ4v) is 5.57. The van der Waals surface area contributed by atoms with Gasteiger partial charge < -0.3 is 14.6 Å². The van der Waals surface area contributed by atoms with Crippen LogP contribution in [0.5, 0.6) is 0 Å². The predicted octanol–water partition coefficient (Wildman–Crippen LogP) is 4.63. The summed E-state index contributed by atoms with van der Waals surface area (Å²) < 4.78 is 2.15. The fourth-order valence-electron chi connectivity index (χ4n) is 5.57. The first kappa shape index (κ1) is 22.4. The lowest BCUT2D eigenvalue weighted by atomic mass is 9.88. The van der Waals surface area contributed by atoms with Gasteiger partial charge in [-0.1, -0.05) is 79.9 Å². The van der Waals surface area contributed by atoms with E-state index in [1.807, 2.05) is 67.0 Å². The summed E-state index contributed by atoms with van der Waals surface area (Å²) in [7, 11) is 0. The van der Waals surface area contributed by atoms with Gasteiger partial charge in [0, 0.05) is 18.7 Å². The van der Waals surface area contributed by atoms with Crippen LogP contribution in [0.25, 0.3) is 0 Å². The van der Waals surface area contributed by atoms with Crippen molar-refractivity contribution >= 4 is 11.9 Å². The summed E-state index contributed by atoms with van der Waals surface area (Å²) in [5.41, 5.74) is 3.51. The molecule has 176 valence electrons. The molecule has 6 heteroatoms. The van der Waals surface area contributed by atoms with Crippen LogP contribution < -0.4 is 0 Å². The van der Waals surface area contributed by atoms with E-state index in [0.717, 1.165) is 29.1 Å². The van der Waals surface area contributed by atoms with Gasteiger partial charge >= 0.3 is 5.97 Å². The van der Waals surface area contributed by atoms with Crippen LogP contribution in [-0.4, -0.2) is 37.5 Å². The normalized spacial score (nSPS) is 18.6.